The van der Waals surface area contributed by atoms with Crippen LogP contribution in [0.15, 0.2) is 0 Å². The van der Waals surface area contributed by atoms with E-state index in [1.807, 2.05) is 6.92 Å². The molecule has 1 aliphatic rings. The van der Waals surface area contributed by atoms with Gasteiger partial charge in [-0.15, -0.1) is 0 Å². The molecule has 1 heterocycles. The summed E-state index contributed by atoms with van der Waals surface area (Å²) in [5.74, 6) is -0.338. The molecule has 5 heteroatoms. The van der Waals surface area contributed by atoms with E-state index in [9.17, 15) is 9.59 Å². The lowest BCUT2D eigenvalue weighted by Crippen LogP contribution is -2.52. The first-order valence-corrected chi connectivity index (χ1v) is 6.10. The van der Waals surface area contributed by atoms with Crippen molar-refractivity contribution in [2.24, 2.45) is 5.92 Å². The predicted octanol–water partition coefficient (Wildman–Crippen LogP) is 1.63. The third-order valence-corrected chi connectivity index (χ3v) is 3.62. The van der Waals surface area contributed by atoms with Gasteiger partial charge in [-0.2, -0.15) is 0 Å². The van der Waals surface area contributed by atoms with Gasteiger partial charge in [-0.1, -0.05) is 6.92 Å². The topological polar surface area (TPSA) is 60.9 Å². The summed E-state index contributed by atoms with van der Waals surface area (Å²) in [4.78, 5) is 26.1. The molecular weight excluding hydrogens is 220 g/mol. The number of nitrogens with zero attached hydrogens (tertiary/aromatic N) is 2. The Morgan fingerprint density at radius 2 is 2.00 bits per heavy atom. The fourth-order valence-electron chi connectivity index (χ4n) is 2.23. The van der Waals surface area contributed by atoms with Gasteiger partial charge in [-0.05, 0) is 32.6 Å². The quantitative estimate of drug-likeness (QED) is 0.800. The zero-order valence-electron chi connectivity index (χ0n) is 11.0. The van der Waals surface area contributed by atoms with Crippen molar-refractivity contribution in [2.75, 3.05) is 13.6 Å². The van der Waals surface area contributed by atoms with E-state index >= 15 is 0 Å². The molecule has 1 rings (SSSR count). The smallest absolute Gasteiger partial charge is 0.326 e. The van der Waals surface area contributed by atoms with Crippen LogP contribution < -0.4 is 0 Å². The highest BCUT2D eigenvalue weighted by atomic mass is 16.4. The van der Waals surface area contributed by atoms with Gasteiger partial charge < -0.3 is 14.9 Å². The fourth-order valence-corrected chi connectivity index (χ4v) is 2.23. The van der Waals surface area contributed by atoms with Crippen molar-refractivity contribution in [3.05, 3.63) is 0 Å². The van der Waals surface area contributed by atoms with Crippen LogP contribution in [-0.2, 0) is 4.79 Å². The Labute approximate surface area is 102 Å². The van der Waals surface area contributed by atoms with Gasteiger partial charge in [0.1, 0.15) is 6.04 Å². The second kappa shape index (κ2) is 5.38. The van der Waals surface area contributed by atoms with Crippen molar-refractivity contribution in [2.45, 2.75) is 45.7 Å². The molecule has 0 aromatic carbocycles. The number of hydrogen-bond acceptors (Lipinski definition) is 2. The Balaban J connectivity index is 2.66. The average molecular weight is 242 g/mol. The molecule has 1 saturated heterocycles. The van der Waals surface area contributed by atoms with Crippen LogP contribution in [0.1, 0.15) is 33.6 Å². The van der Waals surface area contributed by atoms with E-state index in [1.54, 1.807) is 11.9 Å². The number of amides is 2. The summed E-state index contributed by atoms with van der Waals surface area (Å²) in [7, 11) is 1.55. The van der Waals surface area contributed by atoms with Crippen LogP contribution >= 0.6 is 0 Å². The Morgan fingerprint density at radius 1 is 1.41 bits per heavy atom. The molecule has 1 fully saturated rings. The molecule has 0 saturated carbocycles. The predicted molar refractivity (Wildman–Crippen MR) is 64.8 cm³/mol. The Kier molecular flexibility index (Phi) is 4.37. The lowest BCUT2D eigenvalue weighted by Gasteiger charge is -2.39. The number of carbonyl (C=O) groups excluding carboxylic acids is 1. The van der Waals surface area contributed by atoms with Gasteiger partial charge in [0, 0.05) is 19.6 Å². The third kappa shape index (κ3) is 3.11. The summed E-state index contributed by atoms with van der Waals surface area (Å²) >= 11 is 0. The van der Waals surface area contributed by atoms with Crippen molar-refractivity contribution in [3.8, 4) is 0 Å². The first-order valence-electron chi connectivity index (χ1n) is 6.10. The monoisotopic (exact) mass is 242 g/mol. The van der Waals surface area contributed by atoms with Crippen molar-refractivity contribution >= 4 is 12.0 Å². The molecule has 5 nitrogen and oxygen atoms in total. The van der Waals surface area contributed by atoms with Gasteiger partial charge in [0.05, 0.1) is 0 Å². The van der Waals surface area contributed by atoms with Crippen LogP contribution in [0.3, 0.4) is 0 Å². The van der Waals surface area contributed by atoms with Crippen molar-refractivity contribution < 1.29 is 14.7 Å². The molecule has 0 radical (unpaired) electrons. The maximum absolute atomic E-state index is 12.1. The van der Waals surface area contributed by atoms with Crippen LogP contribution in [0.25, 0.3) is 0 Å². The standard InChI is InChI=1S/C12H22N2O3/c1-8-5-6-14(9(2)7-8)12(17)13(4)10(3)11(15)16/h8-10H,5-7H2,1-4H3,(H,15,16). The lowest BCUT2D eigenvalue weighted by molar-refractivity contribution is -0.141. The minimum Gasteiger partial charge on any atom is -0.480 e. The zero-order valence-corrected chi connectivity index (χ0v) is 11.0. The molecule has 0 bridgehead atoms. The number of rotatable bonds is 2. The van der Waals surface area contributed by atoms with Gasteiger partial charge >= 0.3 is 12.0 Å². The summed E-state index contributed by atoms with van der Waals surface area (Å²) < 4.78 is 0. The highest BCUT2D eigenvalue weighted by molar-refractivity contribution is 5.82. The summed E-state index contributed by atoms with van der Waals surface area (Å²) in [5.41, 5.74) is 0. The Bertz CT molecular complexity index is 306. The maximum atomic E-state index is 12.1. The molecule has 1 N–H and O–H groups in total. The van der Waals surface area contributed by atoms with Gasteiger partial charge in [0.2, 0.25) is 0 Å². The summed E-state index contributed by atoms with van der Waals surface area (Å²) in [6, 6.07) is -0.775. The second-order valence-corrected chi connectivity index (χ2v) is 5.08. The SMILES string of the molecule is CC1CCN(C(=O)N(C)C(C)C(=O)O)C(C)C1. The number of piperidine rings is 1. The number of carboxylic acids is 1. The number of hydrogen-bond donors (Lipinski definition) is 1. The molecule has 2 amide bonds. The van der Waals surface area contributed by atoms with Crippen molar-refractivity contribution in [1.82, 2.24) is 9.80 Å². The number of carboxylic acid groups (broad SMARTS) is 1. The van der Waals surface area contributed by atoms with Crippen LogP contribution in [0.2, 0.25) is 0 Å². The Hall–Kier alpha value is -1.26. The number of carbonyl (C=O) groups is 2. The second-order valence-electron chi connectivity index (χ2n) is 5.08. The fraction of sp³-hybridized carbons (Fsp3) is 0.833. The van der Waals surface area contributed by atoms with E-state index < -0.39 is 12.0 Å². The minimum atomic E-state index is -0.973. The lowest BCUT2D eigenvalue weighted by atomic mass is 9.94. The third-order valence-electron chi connectivity index (χ3n) is 3.62. The van der Waals surface area contributed by atoms with E-state index in [1.165, 1.54) is 11.8 Å². The molecule has 98 valence electrons. The van der Waals surface area contributed by atoms with Crippen LogP contribution in [0.4, 0.5) is 4.79 Å². The summed E-state index contributed by atoms with van der Waals surface area (Å²) in [6.07, 6.45) is 1.98. The zero-order chi connectivity index (χ0) is 13.2. The van der Waals surface area contributed by atoms with E-state index in [0.29, 0.717) is 5.92 Å². The van der Waals surface area contributed by atoms with Crippen molar-refractivity contribution in [3.63, 3.8) is 0 Å². The van der Waals surface area contributed by atoms with Gasteiger partial charge in [0.15, 0.2) is 0 Å². The van der Waals surface area contributed by atoms with Crippen molar-refractivity contribution in [1.29, 1.82) is 0 Å². The number of likely N-dealkylation sites (N-methyl/N-ethyl adjacent to an activating group) is 1. The highest BCUT2D eigenvalue weighted by Gasteiger charge is 2.31. The van der Waals surface area contributed by atoms with Gasteiger partial charge in [-0.3, -0.25) is 0 Å². The summed E-state index contributed by atoms with van der Waals surface area (Å²) in [6.45, 7) is 6.45. The van der Waals surface area contributed by atoms with Gasteiger partial charge in [-0.25, -0.2) is 9.59 Å². The number of urea groups is 1. The van der Waals surface area contributed by atoms with Crippen LogP contribution in [0, 0.1) is 5.92 Å². The molecule has 0 aromatic rings. The number of likely N-dealkylation sites (tertiary alicyclic amines) is 1. The minimum absolute atomic E-state index is 0.181. The average Bonchev–Trinajstić information content (AvgIpc) is 2.26. The van der Waals surface area contributed by atoms with Crippen LogP contribution in [-0.4, -0.2) is 52.6 Å². The molecule has 0 aromatic heterocycles. The van der Waals surface area contributed by atoms with E-state index in [0.717, 1.165) is 19.4 Å². The Morgan fingerprint density at radius 3 is 2.47 bits per heavy atom. The summed E-state index contributed by atoms with van der Waals surface area (Å²) in [5, 5.41) is 8.90. The number of aliphatic carboxylic acids is 1. The first-order chi connectivity index (χ1) is 7.84. The van der Waals surface area contributed by atoms with E-state index in [4.69, 9.17) is 5.11 Å². The van der Waals surface area contributed by atoms with E-state index in [-0.39, 0.29) is 12.1 Å². The highest BCUT2D eigenvalue weighted by Crippen LogP contribution is 2.23. The molecular formula is C12H22N2O3. The molecule has 3 atom stereocenters. The van der Waals surface area contributed by atoms with Gasteiger partial charge in [0.25, 0.3) is 0 Å². The van der Waals surface area contributed by atoms with E-state index in [2.05, 4.69) is 6.92 Å². The molecule has 3 unspecified atom stereocenters. The molecule has 0 aliphatic carbocycles. The maximum Gasteiger partial charge on any atom is 0.326 e. The largest absolute Gasteiger partial charge is 0.480 e. The normalized spacial score (nSPS) is 26.5. The molecule has 1 aliphatic heterocycles. The molecule has 17 heavy (non-hydrogen) atoms. The molecule has 0 spiro atoms. The van der Waals surface area contributed by atoms with Crippen LogP contribution in [0.5, 0.6) is 0 Å². The first kappa shape index (κ1) is 13.8.